The molecule has 7 heteroatoms. The summed E-state index contributed by atoms with van der Waals surface area (Å²) in [5.74, 6) is 7.62. The first-order valence-electron chi connectivity index (χ1n) is 9.39. The molecule has 2 aromatic heterocycles. The first kappa shape index (κ1) is 19.2. The van der Waals surface area contributed by atoms with Crippen LogP contribution >= 0.6 is 11.6 Å². The second-order valence-electron chi connectivity index (χ2n) is 6.86. The lowest BCUT2D eigenvalue weighted by molar-refractivity contribution is 0.281. The van der Waals surface area contributed by atoms with Gasteiger partial charge in [0.1, 0.15) is 11.8 Å². The van der Waals surface area contributed by atoms with Crippen LogP contribution < -0.4 is 10.4 Å². The minimum absolute atomic E-state index is 0.104. The van der Waals surface area contributed by atoms with Gasteiger partial charge < -0.3 is 4.74 Å². The first-order chi connectivity index (χ1) is 14.1. The molecule has 1 atom stereocenters. The number of rotatable bonds is 5. The zero-order chi connectivity index (χ0) is 20.2. The zero-order valence-corrected chi connectivity index (χ0v) is 16.6. The summed E-state index contributed by atoms with van der Waals surface area (Å²) in [6, 6.07) is 10.8. The van der Waals surface area contributed by atoms with E-state index in [4.69, 9.17) is 16.3 Å². The van der Waals surface area contributed by atoms with E-state index in [2.05, 4.69) is 26.8 Å². The Morgan fingerprint density at radius 1 is 1.24 bits per heavy atom. The molecule has 3 aromatic rings. The van der Waals surface area contributed by atoms with Crippen LogP contribution in [0.25, 0.3) is 0 Å². The number of halogens is 1. The molecule has 1 aliphatic carbocycles. The molecule has 146 valence electrons. The van der Waals surface area contributed by atoms with Crippen LogP contribution in [0.5, 0.6) is 5.88 Å². The van der Waals surface area contributed by atoms with E-state index in [0.717, 1.165) is 11.1 Å². The van der Waals surface area contributed by atoms with Crippen LogP contribution in [-0.2, 0) is 6.61 Å². The summed E-state index contributed by atoms with van der Waals surface area (Å²) < 4.78 is 6.94. The van der Waals surface area contributed by atoms with Crippen LogP contribution in [0.2, 0.25) is 5.15 Å². The average Bonchev–Trinajstić information content (AvgIpc) is 3.56. The Balaban J connectivity index is 1.50. The quantitative estimate of drug-likeness (QED) is 0.478. The number of hydrogen-bond acceptors (Lipinski definition) is 5. The Morgan fingerprint density at radius 3 is 2.62 bits per heavy atom. The number of benzene rings is 1. The van der Waals surface area contributed by atoms with Gasteiger partial charge in [0.25, 0.3) is 0 Å². The molecule has 2 heterocycles. The van der Waals surface area contributed by atoms with Crippen LogP contribution in [0, 0.1) is 17.8 Å². The number of nitrogens with zero attached hydrogens (tertiary/aromatic N) is 4. The summed E-state index contributed by atoms with van der Waals surface area (Å²) in [6.07, 6.45) is 5.65. The standard InChI is InChI=1S/C22H19ClN4O2/c1-15(18-9-7-17(8-10-18)6-5-16-3-4-16)27-19(23)13-21(26-22(27)28)29-14-20-24-11-2-12-25-20/h2,7-13,15-16H,3-4,14H2,1H3. The van der Waals surface area contributed by atoms with Gasteiger partial charge in [0.2, 0.25) is 5.88 Å². The second-order valence-corrected chi connectivity index (χ2v) is 7.25. The molecule has 0 N–H and O–H groups in total. The highest BCUT2D eigenvalue weighted by Gasteiger charge is 2.18. The van der Waals surface area contributed by atoms with Crippen molar-refractivity contribution in [1.29, 1.82) is 0 Å². The monoisotopic (exact) mass is 406 g/mol. The van der Waals surface area contributed by atoms with Gasteiger partial charge in [-0.15, -0.1) is 0 Å². The molecule has 29 heavy (non-hydrogen) atoms. The Hall–Kier alpha value is -3.17. The smallest absolute Gasteiger partial charge is 0.352 e. The Labute approximate surface area is 173 Å². The maximum Gasteiger partial charge on any atom is 0.352 e. The second kappa shape index (κ2) is 8.46. The minimum atomic E-state index is -0.480. The normalized spacial score (nSPS) is 14.0. The predicted molar refractivity (Wildman–Crippen MR) is 110 cm³/mol. The lowest BCUT2D eigenvalue weighted by Crippen LogP contribution is -2.27. The van der Waals surface area contributed by atoms with Crippen LogP contribution in [0.3, 0.4) is 0 Å². The number of ether oxygens (including phenoxy) is 1. The third-order valence-electron chi connectivity index (χ3n) is 4.63. The molecule has 1 unspecified atom stereocenters. The molecule has 1 saturated carbocycles. The highest BCUT2D eigenvalue weighted by atomic mass is 35.5. The van der Waals surface area contributed by atoms with Crippen molar-refractivity contribution in [2.75, 3.05) is 0 Å². The lowest BCUT2D eigenvalue weighted by atomic mass is 10.1. The fourth-order valence-corrected chi connectivity index (χ4v) is 3.13. The van der Waals surface area contributed by atoms with Gasteiger partial charge in [0.15, 0.2) is 5.82 Å². The van der Waals surface area contributed by atoms with E-state index in [1.807, 2.05) is 31.2 Å². The fourth-order valence-electron chi connectivity index (χ4n) is 2.82. The van der Waals surface area contributed by atoms with E-state index < -0.39 is 5.69 Å². The van der Waals surface area contributed by atoms with Crippen molar-refractivity contribution in [1.82, 2.24) is 19.5 Å². The third-order valence-corrected chi connectivity index (χ3v) is 4.92. The van der Waals surface area contributed by atoms with Gasteiger partial charge in [-0.05, 0) is 43.5 Å². The van der Waals surface area contributed by atoms with Crippen molar-refractivity contribution in [2.45, 2.75) is 32.4 Å². The maximum atomic E-state index is 12.6. The van der Waals surface area contributed by atoms with Crippen molar-refractivity contribution in [3.8, 4) is 17.7 Å². The molecular formula is C22H19ClN4O2. The Kier molecular flexibility index (Phi) is 5.59. The van der Waals surface area contributed by atoms with Crippen molar-refractivity contribution < 1.29 is 4.74 Å². The molecular weight excluding hydrogens is 388 g/mol. The van der Waals surface area contributed by atoms with Crippen molar-refractivity contribution in [2.24, 2.45) is 5.92 Å². The lowest BCUT2D eigenvalue weighted by Gasteiger charge is -2.17. The molecule has 0 radical (unpaired) electrons. The predicted octanol–water partition coefficient (Wildman–Crippen LogP) is 3.64. The summed E-state index contributed by atoms with van der Waals surface area (Å²) in [7, 11) is 0. The van der Waals surface area contributed by atoms with Crippen LogP contribution in [-0.4, -0.2) is 19.5 Å². The molecule has 0 bridgehead atoms. The van der Waals surface area contributed by atoms with Crippen LogP contribution in [0.4, 0.5) is 0 Å². The molecule has 0 aliphatic heterocycles. The van der Waals surface area contributed by atoms with Gasteiger partial charge in [-0.1, -0.05) is 35.6 Å². The molecule has 0 saturated heterocycles. The maximum absolute atomic E-state index is 12.6. The van der Waals surface area contributed by atoms with Gasteiger partial charge in [0, 0.05) is 29.9 Å². The first-order valence-corrected chi connectivity index (χ1v) is 9.77. The minimum Gasteiger partial charge on any atom is -0.469 e. The van der Waals surface area contributed by atoms with Crippen molar-refractivity contribution in [3.05, 3.63) is 81.4 Å². The van der Waals surface area contributed by atoms with Gasteiger partial charge in [0.05, 0.1) is 6.04 Å². The number of hydrogen-bond donors (Lipinski definition) is 0. The van der Waals surface area contributed by atoms with Crippen molar-refractivity contribution >= 4 is 11.6 Å². The summed E-state index contributed by atoms with van der Waals surface area (Å²) in [5.41, 5.74) is 1.43. The molecule has 0 amide bonds. The Bertz CT molecular complexity index is 1110. The molecule has 6 nitrogen and oxygen atoms in total. The summed E-state index contributed by atoms with van der Waals surface area (Å²) in [4.78, 5) is 24.7. The Morgan fingerprint density at radius 2 is 1.97 bits per heavy atom. The fraction of sp³-hybridized carbons (Fsp3) is 0.273. The summed E-state index contributed by atoms with van der Waals surface area (Å²) >= 11 is 6.37. The van der Waals surface area contributed by atoms with E-state index in [-0.39, 0.29) is 23.7 Å². The third kappa shape index (κ3) is 4.82. The molecule has 1 aliphatic rings. The van der Waals surface area contributed by atoms with Gasteiger partial charge in [-0.2, -0.15) is 4.98 Å². The molecule has 1 aromatic carbocycles. The van der Waals surface area contributed by atoms with E-state index in [0.29, 0.717) is 11.7 Å². The molecule has 4 rings (SSSR count). The van der Waals surface area contributed by atoms with E-state index >= 15 is 0 Å². The van der Waals surface area contributed by atoms with E-state index in [1.165, 1.54) is 23.5 Å². The average molecular weight is 407 g/mol. The molecule has 0 spiro atoms. The van der Waals surface area contributed by atoms with Crippen molar-refractivity contribution in [3.63, 3.8) is 0 Å². The summed E-state index contributed by atoms with van der Waals surface area (Å²) in [6.45, 7) is 2.00. The highest BCUT2D eigenvalue weighted by molar-refractivity contribution is 6.29. The number of aromatic nitrogens is 4. The SMILES string of the molecule is CC(c1ccc(C#CC2CC2)cc1)n1c(Cl)cc(OCc2ncccn2)nc1=O. The van der Waals surface area contributed by atoms with Gasteiger partial charge >= 0.3 is 5.69 Å². The largest absolute Gasteiger partial charge is 0.469 e. The van der Waals surface area contributed by atoms with Crippen LogP contribution in [0.1, 0.15) is 42.8 Å². The topological polar surface area (TPSA) is 69.9 Å². The van der Waals surface area contributed by atoms with Gasteiger partial charge in [-0.3, -0.25) is 4.57 Å². The van der Waals surface area contributed by atoms with Crippen LogP contribution in [0.15, 0.2) is 53.6 Å². The van der Waals surface area contributed by atoms with E-state index in [1.54, 1.807) is 18.5 Å². The summed E-state index contributed by atoms with van der Waals surface area (Å²) in [5, 5.41) is 0.249. The highest BCUT2D eigenvalue weighted by Crippen LogP contribution is 2.28. The molecule has 1 fully saturated rings. The zero-order valence-electron chi connectivity index (χ0n) is 15.9. The van der Waals surface area contributed by atoms with Gasteiger partial charge in [-0.25, -0.2) is 14.8 Å². The van der Waals surface area contributed by atoms with E-state index in [9.17, 15) is 4.79 Å².